The van der Waals surface area contributed by atoms with Crippen LogP contribution >= 0.6 is 11.3 Å². The lowest BCUT2D eigenvalue weighted by atomic mass is 9.89. The predicted molar refractivity (Wildman–Crippen MR) is 139 cm³/mol. The molecule has 0 bridgehead atoms. The van der Waals surface area contributed by atoms with E-state index >= 15 is 0 Å². The molecule has 3 unspecified atom stereocenters. The molecule has 3 amide bonds. The highest BCUT2D eigenvalue weighted by Crippen LogP contribution is 2.29. The molecule has 5 rings (SSSR count). The number of nitrogens with zero attached hydrogens (tertiary/aromatic N) is 3. The van der Waals surface area contributed by atoms with Gasteiger partial charge in [0.1, 0.15) is 6.04 Å². The van der Waals surface area contributed by atoms with Crippen molar-refractivity contribution in [1.29, 1.82) is 0 Å². The van der Waals surface area contributed by atoms with E-state index in [1.807, 2.05) is 30.3 Å². The van der Waals surface area contributed by atoms with Gasteiger partial charge in [-0.2, -0.15) is 0 Å². The fraction of sp³-hybridized carbons (Fsp3) is 0.519. The van der Waals surface area contributed by atoms with Gasteiger partial charge in [-0.05, 0) is 50.1 Å². The van der Waals surface area contributed by atoms with Crippen LogP contribution in [-0.4, -0.2) is 82.6 Å². The summed E-state index contributed by atoms with van der Waals surface area (Å²) in [4.78, 5) is 60.2. The van der Waals surface area contributed by atoms with E-state index < -0.39 is 12.1 Å². The summed E-state index contributed by atoms with van der Waals surface area (Å²) in [5.74, 6) is -0.735. The fourth-order valence-corrected chi connectivity index (χ4v) is 6.41. The highest BCUT2D eigenvalue weighted by Gasteiger charge is 2.46. The number of amides is 3. The molecule has 9 nitrogen and oxygen atoms in total. The zero-order chi connectivity index (χ0) is 25.8. The molecule has 3 aliphatic heterocycles. The van der Waals surface area contributed by atoms with Gasteiger partial charge in [-0.15, -0.1) is 11.3 Å². The average Bonchev–Trinajstić information content (AvgIpc) is 3.62. The van der Waals surface area contributed by atoms with Gasteiger partial charge < -0.3 is 20.4 Å². The van der Waals surface area contributed by atoms with E-state index in [1.54, 1.807) is 21.4 Å². The number of benzene rings is 1. The van der Waals surface area contributed by atoms with Crippen molar-refractivity contribution in [2.75, 3.05) is 26.2 Å². The third-order valence-electron chi connectivity index (χ3n) is 7.70. The molecule has 2 N–H and O–H groups in total. The number of aryl methyl sites for hydroxylation is 1. The summed E-state index contributed by atoms with van der Waals surface area (Å²) in [7, 11) is 0. The highest BCUT2D eigenvalue weighted by molar-refractivity contribution is 7.11. The molecule has 4 heterocycles. The Labute approximate surface area is 220 Å². The molecule has 1 aromatic carbocycles. The Bertz CT molecular complexity index is 1120. The van der Waals surface area contributed by atoms with Crippen LogP contribution < -0.4 is 10.6 Å². The number of aromatic nitrogens is 1. The van der Waals surface area contributed by atoms with E-state index in [-0.39, 0.29) is 42.0 Å². The summed E-state index contributed by atoms with van der Waals surface area (Å²) in [5.41, 5.74) is 1.09. The molecule has 3 fully saturated rings. The monoisotopic (exact) mass is 523 g/mol. The van der Waals surface area contributed by atoms with Crippen molar-refractivity contribution in [2.45, 2.75) is 56.7 Å². The largest absolute Gasteiger partial charge is 0.344 e. The number of hydrogen-bond donors (Lipinski definition) is 2. The van der Waals surface area contributed by atoms with Gasteiger partial charge in [0.25, 0.3) is 0 Å². The minimum absolute atomic E-state index is 0.0120. The number of carbonyl (C=O) groups is 4. The van der Waals surface area contributed by atoms with Gasteiger partial charge >= 0.3 is 0 Å². The second-order valence-corrected chi connectivity index (χ2v) is 11.0. The maximum absolute atomic E-state index is 13.5. The molecule has 3 aliphatic rings. The lowest BCUT2D eigenvalue weighted by Gasteiger charge is -2.40. The second kappa shape index (κ2) is 11.5. The molecule has 0 radical (unpaired) electrons. The van der Waals surface area contributed by atoms with E-state index in [9.17, 15) is 19.2 Å². The minimum Gasteiger partial charge on any atom is -0.344 e. The molecular formula is C27H33N5O4S. The van der Waals surface area contributed by atoms with Crippen molar-refractivity contribution >= 4 is 34.8 Å². The molecular weight excluding hydrogens is 490 g/mol. The Balaban J connectivity index is 1.22. The van der Waals surface area contributed by atoms with Gasteiger partial charge in [0, 0.05) is 31.1 Å². The number of piperazine rings is 1. The summed E-state index contributed by atoms with van der Waals surface area (Å²) < 4.78 is 0. The van der Waals surface area contributed by atoms with E-state index in [4.69, 9.17) is 0 Å². The summed E-state index contributed by atoms with van der Waals surface area (Å²) >= 11 is 1.27. The Kier molecular flexibility index (Phi) is 7.95. The van der Waals surface area contributed by atoms with Crippen LogP contribution in [0.15, 0.2) is 41.9 Å². The molecule has 0 saturated carbocycles. The number of hydrogen-bond acceptors (Lipinski definition) is 7. The smallest absolute Gasteiger partial charge is 0.243 e. The Morgan fingerprint density at radius 3 is 2.73 bits per heavy atom. The molecule has 196 valence electrons. The summed E-state index contributed by atoms with van der Waals surface area (Å²) in [6, 6.07) is 8.35. The lowest BCUT2D eigenvalue weighted by molar-refractivity contribution is -0.151. The first kappa shape index (κ1) is 25.5. The van der Waals surface area contributed by atoms with Crippen LogP contribution in [0, 0.1) is 5.92 Å². The summed E-state index contributed by atoms with van der Waals surface area (Å²) in [6.45, 7) is 1.98. The van der Waals surface area contributed by atoms with Gasteiger partial charge in [0.15, 0.2) is 5.01 Å². The first-order chi connectivity index (χ1) is 18.0. The Morgan fingerprint density at radius 1 is 1.16 bits per heavy atom. The standard InChI is InChI=1S/C27H33N5O4S/c33-22(11-8-18-5-2-1-3-6-18)31-16-20-9-10-21(32(20)23(34)17-31)26(36)30-24(19-7-4-12-28-15-19)25(35)27-29-13-14-37-27/h1-3,5-6,13-14,19-21,24,28H,4,7-12,15-17H2,(H,30,36)/t19?,20-,21?,24?/m0/s1. The topological polar surface area (TPSA) is 112 Å². The van der Waals surface area contributed by atoms with Gasteiger partial charge in [0.2, 0.25) is 23.5 Å². The Hall–Kier alpha value is -3.11. The van der Waals surface area contributed by atoms with Crippen molar-refractivity contribution in [3.63, 3.8) is 0 Å². The van der Waals surface area contributed by atoms with Gasteiger partial charge in [0.05, 0.1) is 18.6 Å². The number of rotatable bonds is 8. The van der Waals surface area contributed by atoms with Crippen molar-refractivity contribution in [3.05, 3.63) is 52.5 Å². The Morgan fingerprint density at radius 2 is 2.00 bits per heavy atom. The quantitative estimate of drug-likeness (QED) is 0.509. The van der Waals surface area contributed by atoms with E-state index in [0.29, 0.717) is 43.8 Å². The van der Waals surface area contributed by atoms with Crippen LogP contribution in [0.5, 0.6) is 0 Å². The molecule has 0 aliphatic carbocycles. The SMILES string of the molecule is O=C(c1nccs1)C(NC(=O)C1CC[C@H]2CN(C(=O)CCc3ccccc3)CC(=O)N12)C1CCCNC1. The van der Waals surface area contributed by atoms with Crippen LogP contribution in [-0.2, 0) is 20.8 Å². The molecule has 3 saturated heterocycles. The first-order valence-corrected chi connectivity index (χ1v) is 14.0. The number of nitrogens with one attached hydrogen (secondary N) is 2. The number of carbonyl (C=O) groups excluding carboxylic acids is 4. The molecule has 10 heteroatoms. The first-order valence-electron chi connectivity index (χ1n) is 13.1. The van der Waals surface area contributed by atoms with Crippen LogP contribution in [0.25, 0.3) is 0 Å². The van der Waals surface area contributed by atoms with Crippen molar-refractivity contribution in [2.24, 2.45) is 5.92 Å². The van der Waals surface area contributed by atoms with Crippen LogP contribution in [0.1, 0.15) is 47.5 Å². The number of ketones is 1. The maximum Gasteiger partial charge on any atom is 0.243 e. The zero-order valence-corrected chi connectivity index (χ0v) is 21.6. The lowest BCUT2D eigenvalue weighted by Crippen LogP contribution is -2.61. The molecule has 37 heavy (non-hydrogen) atoms. The minimum atomic E-state index is -0.679. The van der Waals surface area contributed by atoms with Crippen LogP contribution in [0.2, 0.25) is 0 Å². The van der Waals surface area contributed by atoms with Crippen molar-refractivity contribution < 1.29 is 19.2 Å². The van der Waals surface area contributed by atoms with Gasteiger partial charge in [-0.1, -0.05) is 30.3 Å². The predicted octanol–water partition coefficient (Wildman–Crippen LogP) is 1.64. The van der Waals surface area contributed by atoms with Crippen LogP contribution in [0.3, 0.4) is 0 Å². The third-order valence-corrected chi connectivity index (χ3v) is 8.49. The zero-order valence-electron chi connectivity index (χ0n) is 20.8. The van der Waals surface area contributed by atoms with Gasteiger partial charge in [-0.3, -0.25) is 19.2 Å². The van der Waals surface area contributed by atoms with E-state index in [1.165, 1.54) is 11.3 Å². The second-order valence-electron chi connectivity index (χ2n) is 10.1. The number of Topliss-reactive ketones (excluding diaryl/α,β-unsaturated/α-hetero) is 1. The number of fused-ring (bicyclic) bond motifs is 1. The molecule has 0 spiro atoms. The summed E-state index contributed by atoms with van der Waals surface area (Å²) in [5, 5.41) is 8.47. The van der Waals surface area contributed by atoms with Crippen molar-refractivity contribution in [1.82, 2.24) is 25.4 Å². The molecule has 4 atom stereocenters. The highest BCUT2D eigenvalue weighted by atomic mass is 32.1. The fourth-order valence-electron chi connectivity index (χ4n) is 5.79. The maximum atomic E-state index is 13.5. The van der Waals surface area contributed by atoms with Gasteiger partial charge in [-0.25, -0.2) is 4.98 Å². The average molecular weight is 524 g/mol. The number of piperidine rings is 1. The molecule has 1 aromatic heterocycles. The molecule has 2 aromatic rings. The van der Waals surface area contributed by atoms with E-state index in [2.05, 4.69) is 15.6 Å². The summed E-state index contributed by atoms with van der Waals surface area (Å²) in [6.07, 6.45) is 5.53. The number of thiazole rings is 1. The normalized spacial score (nSPS) is 24.4. The van der Waals surface area contributed by atoms with Crippen LogP contribution in [0.4, 0.5) is 0 Å². The van der Waals surface area contributed by atoms with Crippen molar-refractivity contribution in [3.8, 4) is 0 Å². The third kappa shape index (κ3) is 5.75. The van der Waals surface area contributed by atoms with E-state index in [0.717, 1.165) is 24.9 Å².